The number of likely N-dealkylation sites (tertiary alicyclic amines) is 1. The van der Waals surface area contributed by atoms with Crippen molar-refractivity contribution in [3.8, 4) is 0 Å². The highest BCUT2D eigenvalue weighted by Gasteiger charge is 2.23. The first kappa shape index (κ1) is 15.2. The molecule has 3 N–H and O–H groups in total. The zero-order chi connectivity index (χ0) is 14.5. The van der Waals surface area contributed by atoms with E-state index in [1.54, 1.807) is 4.90 Å². The van der Waals surface area contributed by atoms with Gasteiger partial charge >= 0.3 is 6.09 Å². The van der Waals surface area contributed by atoms with Gasteiger partial charge in [0.15, 0.2) is 0 Å². The van der Waals surface area contributed by atoms with Gasteiger partial charge in [0, 0.05) is 34.1 Å². The standard InChI is InChI=1S/C14H20IN3O2/c1-2-20-14(19)18-7-5-11(6-8-18)17-13-4-3-10(16)9-12(13)15/h3-4,9,11,17H,2,5-8,16H2,1H3. The largest absolute Gasteiger partial charge is 0.450 e. The molecular formula is C14H20IN3O2. The molecular weight excluding hydrogens is 369 g/mol. The van der Waals surface area contributed by atoms with Crippen LogP contribution in [0.25, 0.3) is 0 Å². The highest BCUT2D eigenvalue weighted by Crippen LogP contribution is 2.24. The van der Waals surface area contributed by atoms with Crippen LogP contribution in [0.5, 0.6) is 0 Å². The summed E-state index contributed by atoms with van der Waals surface area (Å²) in [5, 5.41) is 3.53. The number of benzene rings is 1. The minimum absolute atomic E-state index is 0.201. The molecule has 0 bridgehead atoms. The van der Waals surface area contributed by atoms with Crippen LogP contribution in [0.4, 0.5) is 16.2 Å². The van der Waals surface area contributed by atoms with Crippen molar-refractivity contribution in [1.82, 2.24) is 4.90 Å². The van der Waals surface area contributed by atoms with Gasteiger partial charge in [-0.15, -0.1) is 0 Å². The van der Waals surface area contributed by atoms with Gasteiger partial charge in [-0.1, -0.05) is 0 Å². The fourth-order valence-corrected chi connectivity index (χ4v) is 2.98. The summed E-state index contributed by atoms with van der Waals surface area (Å²) in [4.78, 5) is 13.4. The Hall–Kier alpha value is -1.18. The van der Waals surface area contributed by atoms with E-state index in [1.165, 1.54) is 0 Å². The number of ether oxygens (including phenoxy) is 1. The first-order valence-electron chi connectivity index (χ1n) is 6.83. The Bertz CT molecular complexity index is 473. The molecule has 0 spiro atoms. The van der Waals surface area contributed by atoms with Gasteiger partial charge in [-0.05, 0) is 60.6 Å². The van der Waals surface area contributed by atoms with E-state index in [0.717, 1.165) is 40.9 Å². The van der Waals surface area contributed by atoms with Gasteiger partial charge in [-0.2, -0.15) is 0 Å². The van der Waals surface area contributed by atoms with Crippen LogP contribution in [0.3, 0.4) is 0 Å². The van der Waals surface area contributed by atoms with E-state index in [2.05, 4.69) is 27.9 Å². The molecule has 0 atom stereocenters. The summed E-state index contributed by atoms with van der Waals surface area (Å²) < 4.78 is 6.14. The number of carbonyl (C=O) groups is 1. The normalized spacial score (nSPS) is 16.0. The van der Waals surface area contributed by atoms with Crippen LogP contribution in [0, 0.1) is 3.57 Å². The number of amides is 1. The smallest absolute Gasteiger partial charge is 0.409 e. The van der Waals surface area contributed by atoms with Gasteiger partial charge < -0.3 is 20.7 Å². The lowest BCUT2D eigenvalue weighted by molar-refractivity contribution is 0.0983. The molecule has 20 heavy (non-hydrogen) atoms. The molecule has 1 aliphatic heterocycles. The number of piperidine rings is 1. The number of nitrogens with one attached hydrogen (secondary N) is 1. The molecule has 1 saturated heterocycles. The maximum Gasteiger partial charge on any atom is 0.409 e. The first-order chi connectivity index (χ1) is 9.60. The number of carbonyl (C=O) groups excluding carboxylic acids is 1. The van der Waals surface area contributed by atoms with Crippen molar-refractivity contribution in [3.63, 3.8) is 0 Å². The second kappa shape index (κ2) is 7.01. The monoisotopic (exact) mass is 389 g/mol. The Morgan fingerprint density at radius 2 is 2.20 bits per heavy atom. The SMILES string of the molecule is CCOC(=O)N1CCC(Nc2ccc(N)cc2I)CC1. The molecule has 110 valence electrons. The molecule has 1 aliphatic rings. The van der Waals surface area contributed by atoms with Gasteiger partial charge in [0.25, 0.3) is 0 Å². The minimum Gasteiger partial charge on any atom is -0.450 e. The quantitative estimate of drug-likeness (QED) is 0.616. The molecule has 0 radical (unpaired) electrons. The molecule has 1 amide bonds. The third kappa shape index (κ3) is 3.91. The molecule has 6 heteroatoms. The summed E-state index contributed by atoms with van der Waals surface area (Å²) in [6.07, 6.45) is 1.66. The van der Waals surface area contributed by atoms with Crippen LogP contribution in [-0.2, 0) is 4.74 Å². The number of nitrogens with zero attached hydrogens (tertiary/aromatic N) is 1. The molecule has 1 heterocycles. The molecule has 5 nitrogen and oxygen atoms in total. The van der Waals surface area contributed by atoms with E-state index in [0.29, 0.717) is 12.6 Å². The van der Waals surface area contributed by atoms with Crippen molar-refractivity contribution in [3.05, 3.63) is 21.8 Å². The van der Waals surface area contributed by atoms with Gasteiger partial charge in [-0.3, -0.25) is 0 Å². The van der Waals surface area contributed by atoms with E-state index >= 15 is 0 Å². The predicted octanol–water partition coefficient (Wildman–Crippen LogP) is 2.91. The number of halogens is 1. The number of nitrogens with two attached hydrogens (primary N) is 1. The minimum atomic E-state index is -0.201. The third-order valence-electron chi connectivity index (χ3n) is 3.37. The maximum absolute atomic E-state index is 11.6. The molecule has 1 aromatic carbocycles. The van der Waals surface area contributed by atoms with Crippen molar-refractivity contribution in [2.75, 3.05) is 30.7 Å². The summed E-state index contributed by atoms with van der Waals surface area (Å²) in [5.41, 5.74) is 7.63. The number of anilines is 2. The average Bonchev–Trinajstić information content (AvgIpc) is 2.43. The van der Waals surface area contributed by atoms with Crippen molar-refractivity contribution in [2.24, 2.45) is 0 Å². The zero-order valence-electron chi connectivity index (χ0n) is 11.6. The van der Waals surface area contributed by atoms with Crippen LogP contribution < -0.4 is 11.1 Å². The van der Waals surface area contributed by atoms with Crippen LogP contribution in [0.2, 0.25) is 0 Å². The molecule has 0 aromatic heterocycles. The molecule has 1 aromatic rings. The number of hydrogen-bond acceptors (Lipinski definition) is 4. The lowest BCUT2D eigenvalue weighted by Gasteiger charge is -2.32. The Morgan fingerprint density at radius 1 is 1.50 bits per heavy atom. The molecule has 2 rings (SSSR count). The Kier molecular flexibility index (Phi) is 5.33. The van der Waals surface area contributed by atoms with Crippen molar-refractivity contribution >= 4 is 40.1 Å². The van der Waals surface area contributed by atoms with Crippen LogP contribution >= 0.6 is 22.6 Å². The number of rotatable bonds is 3. The fourth-order valence-electron chi connectivity index (χ4n) is 2.29. The Balaban J connectivity index is 1.86. The van der Waals surface area contributed by atoms with Gasteiger partial charge in [-0.25, -0.2) is 4.79 Å². The molecule has 0 unspecified atom stereocenters. The summed E-state index contributed by atoms with van der Waals surface area (Å²) in [6.45, 7) is 3.74. The maximum atomic E-state index is 11.6. The number of hydrogen-bond donors (Lipinski definition) is 2. The molecule has 0 saturated carbocycles. The fraction of sp³-hybridized carbons (Fsp3) is 0.500. The second-order valence-electron chi connectivity index (χ2n) is 4.84. The van der Waals surface area contributed by atoms with Crippen molar-refractivity contribution < 1.29 is 9.53 Å². The molecule has 0 aliphatic carbocycles. The topological polar surface area (TPSA) is 67.6 Å². The van der Waals surface area contributed by atoms with Crippen LogP contribution in [0.15, 0.2) is 18.2 Å². The molecule has 1 fully saturated rings. The van der Waals surface area contributed by atoms with Crippen LogP contribution in [-0.4, -0.2) is 36.7 Å². The average molecular weight is 389 g/mol. The first-order valence-corrected chi connectivity index (χ1v) is 7.91. The Morgan fingerprint density at radius 3 is 2.80 bits per heavy atom. The summed E-state index contributed by atoms with van der Waals surface area (Å²) >= 11 is 2.28. The van der Waals surface area contributed by atoms with Crippen molar-refractivity contribution in [2.45, 2.75) is 25.8 Å². The number of nitrogen functional groups attached to an aromatic ring is 1. The van der Waals surface area contributed by atoms with E-state index < -0.39 is 0 Å². The second-order valence-corrected chi connectivity index (χ2v) is 6.01. The third-order valence-corrected chi connectivity index (χ3v) is 4.27. The zero-order valence-corrected chi connectivity index (χ0v) is 13.7. The summed E-state index contributed by atoms with van der Waals surface area (Å²) in [7, 11) is 0. The van der Waals surface area contributed by atoms with Gasteiger partial charge in [0.05, 0.1) is 6.61 Å². The highest BCUT2D eigenvalue weighted by molar-refractivity contribution is 14.1. The predicted molar refractivity (Wildman–Crippen MR) is 88.8 cm³/mol. The van der Waals surface area contributed by atoms with E-state index in [9.17, 15) is 4.79 Å². The van der Waals surface area contributed by atoms with E-state index in [4.69, 9.17) is 10.5 Å². The van der Waals surface area contributed by atoms with E-state index in [1.807, 2.05) is 25.1 Å². The lowest BCUT2D eigenvalue weighted by atomic mass is 10.1. The van der Waals surface area contributed by atoms with Crippen molar-refractivity contribution in [1.29, 1.82) is 0 Å². The van der Waals surface area contributed by atoms with Crippen LogP contribution in [0.1, 0.15) is 19.8 Å². The van der Waals surface area contributed by atoms with E-state index in [-0.39, 0.29) is 6.09 Å². The summed E-state index contributed by atoms with van der Waals surface area (Å²) in [5.74, 6) is 0. The highest BCUT2D eigenvalue weighted by atomic mass is 127. The Labute approximate surface area is 133 Å². The van der Waals surface area contributed by atoms with Gasteiger partial charge in [0.1, 0.15) is 0 Å². The van der Waals surface area contributed by atoms with Gasteiger partial charge in [0.2, 0.25) is 0 Å². The summed E-state index contributed by atoms with van der Waals surface area (Å²) in [6, 6.07) is 6.25. The lowest BCUT2D eigenvalue weighted by Crippen LogP contribution is -2.42.